The van der Waals surface area contributed by atoms with Crippen LogP contribution in [0.25, 0.3) is 0 Å². The molecule has 6 heteroatoms. The number of carbonyl (C=O) groups is 2. The standard InChI is InChI=1S/C20H17N3O2S/c24-19(18-6-3-11-26-18)22-16-8-7-14-5-2-10-23(17(14)12-16)20(25)15-4-1-9-21-13-15/h1,3-4,6-9,11-13H,2,5,10H2,(H,22,24). The summed E-state index contributed by atoms with van der Waals surface area (Å²) < 4.78 is 0. The Morgan fingerprint density at radius 1 is 1.15 bits per heavy atom. The van der Waals surface area contributed by atoms with Crippen LogP contribution in [0.5, 0.6) is 0 Å². The lowest BCUT2D eigenvalue weighted by atomic mass is 10.00. The molecule has 0 saturated heterocycles. The van der Waals surface area contributed by atoms with E-state index in [0.717, 1.165) is 24.1 Å². The fraction of sp³-hybridized carbons (Fsp3) is 0.150. The zero-order valence-corrected chi connectivity index (χ0v) is 14.8. The van der Waals surface area contributed by atoms with Crippen LogP contribution < -0.4 is 10.2 Å². The van der Waals surface area contributed by atoms with Crippen molar-refractivity contribution < 1.29 is 9.59 Å². The van der Waals surface area contributed by atoms with Crippen LogP contribution in [0.2, 0.25) is 0 Å². The summed E-state index contributed by atoms with van der Waals surface area (Å²) in [6, 6.07) is 12.9. The van der Waals surface area contributed by atoms with Crippen molar-refractivity contribution in [2.24, 2.45) is 0 Å². The van der Waals surface area contributed by atoms with Gasteiger partial charge in [-0.15, -0.1) is 11.3 Å². The van der Waals surface area contributed by atoms with Crippen LogP contribution in [0.15, 0.2) is 60.2 Å². The number of carbonyl (C=O) groups excluding carboxylic acids is 2. The van der Waals surface area contributed by atoms with E-state index in [0.29, 0.717) is 22.7 Å². The predicted molar refractivity (Wildman–Crippen MR) is 103 cm³/mol. The molecule has 0 aliphatic carbocycles. The zero-order valence-electron chi connectivity index (χ0n) is 14.0. The maximum absolute atomic E-state index is 12.9. The van der Waals surface area contributed by atoms with Gasteiger partial charge in [0.2, 0.25) is 0 Å². The topological polar surface area (TPSA) is 62.3 Å². The highest BCUT2D eigenvalue weighted by atomic mass is 32.1. The summed E-state index contributed by atoms with van der Waals surface area (Å²) in [4.78, 5) is 31.6. The molecule has 0 spiro atoms. The average molecular weight is 363 g/mol. The van der Waals surface area contributed by atoms with Crippen LogP contribution in [0.4, 0.5) is 11.4 Å². The highest BCUT2D eigenvalue weighted by Gasteiger charge is 2.24. The van der Waals surface area contributed by atoms with E-state index >= 15 is 0 Å². The lowest BCUT2D eigenvalue weighted by Gasteiger charge is -2.30. The Hall–Kier alpha value is -2.99. The van der Waals surface area contributed by atoms with Crippen molar-refractivity contribution in [2.45, 2.75) is 12.8 Å². The first kappa shape index (κ1) is 16.5. The van der Waals surface area contributed by atoms with Gasteiger partial charge in [-0.2, -0.15) is 0 Å². The highest BCUT2D eigenvalue weighted by molar-refractivity contribution is 7.12. The molecule has 5 nitrogen and oxygen atoms in total. The van der Waals surface area contributed by atoms with Crippen molar-refractivity contribution in [3.8, 4) is 0 Å². The Balaban J connectivity index is 1.62. The second kappa shape index (κ2) is 7.09. The van der Waals surface area contributed by atoms with Crippen molar-refractivity contribution in [3.63, 3.8) is 0 Å². The molecule has 1 aliphatic heterocycles. The van der Waals surface area contributed by atoms with Gasteiger partial charge in [-0.05, 0) is 54.1 Å². The Morgan fingerprint density at radius 3 is 2.85 bits per heavy atom. The summed E-state index contributed by atoms with van der Waals surface area (Å²) >= 11 is 1.40. The number of amides is 2. The molecular formula is C20H17N3O2S. The molecule has 3 heterocycles. The maximum atomic E-state index is 12.9. The number of rotatable bonds is 3. The van der Waals surface area contributed by atoms with E-state index < -0.39 is 0 Å². The number of benzene rings is 1. The lowest BCUT2D eigenvalue weighted by molar-refractivity contribution is 0.0983. The summed E-state index contributed by atoms with van der Waals surface area (Å²) in [5.41, 5.74) is 3.22. The van der Waals surface area contributed by atoms with Gasteiger partial charge in [0, 0.05) is 30.3 Å². The Kier molecular flexibility index (Phi) is 4.50. The number of hydrogen-bond donors (Lipinski definition) is 1. The van der Waals surface area contributed by atoms with Gasteiger partial charge in [-0.3, -0.25) is 14.6 Å². The molecule has 0 fully saturated rings. The summed E-state index contributed by atoms with van der Waals surface area (Å²) in [6.45, 7) is 0.656. The third-order valence-electron chi connectivity index (χ3n) is 4.36. The molecule has 0 saturated carbocycles. The Bertz CT molecular complexity index is 939. The van der Waals surface area contributed by atoms with E-state index in [-0.39, 0.29) is 11.8 Å². The smallest absolute Gasteiger partial charge is 0.265 e. The molecule has 26 heavy (non-hydrogen) atoms. The molecule has 2 amide bonds. The van der Waals surface area contributed by atoms with Gasteiger partial charge in [-0.1, -0.05) is 12.1 Å². The number of pyridine rings is 1. The van der Waals surface area contributed by atoms with Gasteiger partial charge in [0.15, 0.2) is 0 Å². The van der Waals surface area contributed by atoms with Crippen molar-refractivity contribution in [1.29, 1.82) is 0 Å². The minimum atomic E-state index is -0.138. The van der Waals surface area contributed by atoms with Crippen molar-refractivity contribution >= 4 is 34.5 Å². The van der Waals surface area contributed by atoms with Crippen LogP contribution in [0, 0.1) is 0 Å². The van der Waals surface area contributed by atoms with Crippen molar-refractivity contribution in [2.75, 3.05) is 16.8 Å². The van der Waals surface area contributed by atoms with Crippen LogP contribution in [-0.2, 0) is 6.42 Å². The Labute approximate surface area is 155 Å². The Morgan fingerprint density at radius 2 is 2.08 bits per heavy atom. The van der Waals surface area contributed by atoms with Gasteiger partial charge in [0.25, 0.3) is 11.8 Å². The quantitative estimate of drug-likeness (QED) is 0.765. The van der Waals surface area contributed by atoms with Gasteiger partial charge in [0.1, 0.15) is 0 Å². The first-order valence-corrected chi connectivity index (χ1v) is 9.30. The largest absolute Gasteiger partial charge is 0.321 e. The van der Waals surface area contributed by atoms with Gasteiger partial charge in [0.05, 0.1) is 10.4 Å². The van der Waals surface area contributed by atoms with E-state index in [1.54, 1.807) is 35.5 Å². The molecular weight excluding hydrogens is 346 g/mol. The van der Waals surface area contributed by atoms with E-state index in [9.17, 15) is 9.59 Å². The molecule has 3 aromatic rings. The maximum Gasteiger partial charge on any atom is 0.265 e. The SMILES string of the molecule is O=C(Nc1ccc2c(c1)N(C(=O)c1cccnc1)CCC2)c1cccs1. The molecule has 2 aromatic heterocycles. The van der Waals surface area contributed by atoms with Crippen molar-refractivity contribution in [1.82, 2.24) is 4.98 Å². The number of aryl methyl sites for hydroxylation is 1. The summed E-state index contributed by atoms with van der Waals surface area (Å²) in [6.07, 6.45) is 5.07. The van der Waals surface area contributed by atoms with Gasteiger partial charge >= 0.3 is 0 Å². The third-order valence-corrected chi connectivity index (χ3v) is 5.23. The second-order valence-corrected chi connectivity index (χ2v) is 7.02. The minimum absolute atomic E-state index is 0.0687. The molecule has 0 atom stereocenters. The summed E-state index contributed by atoms with van der Waals surface area (Å²) in [7, 11) is 0. The summed E-state index contributed by atoms with van der Waals surface area (Å²) in [5.74, 6) is -0.207. The molecule has 4 rings (SSSR count). The predicted octanol–water partition coefficient (Wildman–Crippen LogP) is 3.99. The normalized spacial score (nSPS) is 13.2. The molecule has 0 unspecified atom stereocenters. The second-order valence-electron chi connectivity index (χ2n) is 6.08. The van der Waals surface area contributed by atoms with Crippen LogP contribution in [0.3, 0.4) is 0 Å². The number of thiophene rings is 1. The molecule has 1 aromatic carbocycles. The van der Waals surface area contributed by atoms with Crippen LogP contribution >= 0.6 is 11.3 Å². The zero-order chi connectivity index (χ0) is 17.9. The monoisotopic (exact) mass is 363 g/mol. The average Bonchev–Trinajstić information content (AvgIpc) is 3.23. The first-order valence-electron chi connectivity index (χ1n) is 8.42. The highest BCUT2D eigenvalue weighted by Crippen LogP contribution is 2.31. The number of fused-ring (bicyclic) bond motifs is 1. The van der Waals surface area contributed by atoms with Gasteiger partial charge in [-0.25, -0.2) is 0 Å². The van der Waals surface area contributed by atoms with E-state index in [1.807, 2.05) is 29.6 Å². The molecule has 1 aliphatic rings. The van der Waals surface area contributed by atoms with Crippen molar-refractivity contribution in [3.05, 3.63) is 76.2 Å². The fourth-order valence-corrected chi connectivity index (χ4v) is 3.73. The van der Waals surface area contributed by atoms with Crippen LogP contribution in [-0.4, -0.2) is 23.3 Å². The van der Waals surface area contributed by atoms with E-state index in [4.69, 9.17) is 0 Å². The van der Waals surface area contributed by atoms with E-state index in [2.05, 4.69) is 10.3 Å². The van der Waals surface area contributed by atoms with Crippen LogP contribution in [0.1, 0.15) is 32.0 Å². The molecule has 130 valence electrons. The lowest BCUT2D eigenvalue weighted by Crippen LogP contribution is -2.35. The first-order chi connectivity index (χ1) is 12.7. The number of aromatic nitrogens is 1. The number of nitrogens with one attached hydrogen (secondary N) is 1. The molecule has 1 N–H and O–H groups in total. The minimum Gasteiger partial charge on any atom is -0.321 e. The number of nitrogens with zero attached hydrogens (tertiary/aromatic N) is 2. The third kappa shape index (κ3) is 3.23. The fourth-order valence-electron chi connectivity index (χ4n) is 3.11. The number of anilines is 2. The molecule has 0 radical (unpaired) electrons. The van der Waals surface area contributed by atoms with Gasteiger partial charge < -0.3 is 10.2 Å². The summed E-state index contributed by atoms with van der Waals surface area (Å²) in [5, 5.41) is 4.79. The van der Waals surface area contributed by atoms with E-state index in [1.165, 1.54) is 11.3 Å². The number of hydrogen-bond acceptors (Lipinski definition) is 4. The molecule has 0 bridgehead atoms.